The van der Waals surface area contributed by atoms with Gasteiger partial charge in [-0.1, -0.05) is 0 Å². The van der Waals surface area contributed by atoms with Crippen molar-refractivity contribution < 1.29 is 9.53 Å². The summed E-state index contributed by atoms with van der Waals surface area (Å²) in [6.45, 7) is 6.65. The first-order valence-electron chi connectivity index (χ1n) is 5.99. The number of nitrogens with two attached hydrogens (primary N) is 1. The summed E-state index contributed by atoms with van der Waals surface area (Å²) in [5.41, 5.74) is 5.20. The second-order valence-electron chi connectivity index (χ2n) is 5.30. The number of hydrogen-bond acceptors (Lipinski definition) is 3. The Kier molecular flexibility index (Phi) is 7.05. The molecule has 17 heavy (non-hydrogen) atoms. The lowest BCUT2D eigenvalue weighted by atomic mass is 9.89. The van der Waals surface area contributed by atoms with Gasteiger partial charge in [0.25, 0.3) is 0 Å². The van der Waals surface area contributed by atoms with Gasteiger partial charge in [0.1, 0.15) is 0 Å². The van der Waals surface area contributed by atoms with E-state index in [0.29, 0.717) is 12.5 Å². The minimum absolute atomic E-state index is 0. The Bertz CT molecular complexity index is 245. The minimum Gasteiger partial charge on any atom is -0.384 e. The van der Waals surface area contributed by atoms with Crippen molar-refractivity contribution in [2.75, 3.05) is 33.4 Å². The number of nitrogens with zero attached hydrogens (tertiary/aromatic N) is 1. The summed E-state index contributed by atoms with van der Waals surface area (Å²) in [5.74, 6) is 0.659. The highest BCUT2D eigenvalue weighted by Crippen LogP contribution is 2.23. The number of piperidine rings is 1. The van der Waals surface area contributed by atoms with Gasteiger partial charge < -0.3 is 15.4 Å². The average Bonchev–Trinajstić information content (AvgIpc) is 2.29. The van der Waals surface area contributed by atoms with Crippen molar-refractivity contribution in [2.24, 2.45) is 17.1 Å². The zero-order valence-electron chi connectivity index (χ0n) is 11.1. The lowest BCUT2D eigenvalue weighted by Gasteiger charge is -2.37. The molecule has 1 atom stereocenters. The molecule has 0 radical (unpaired) electrons. The highest BCUT2D eigenvalue weighted by Gasteiger charge is 2.33. The molecule has 4 nitrogen and oxygen atoms in total. The van der Waals surface area contributed by atoms with Crippen LogP contribution in [0.4, 0.5) is 0 Å². The van der Waals surface area contributed by atoms with Crippen LogP contribution in [0.5, 0.6) is 0 Å². The summed E-state index contributed by atoms with van der Waals surface area (Å²) in [6, 6.07) is 0. The fourth-order valence-corrected chi connectivity index (χ4v) is 2.14. The van der Waals surface area contributed by atoms with Crippen molar-refractivity contribution in [2.45, 2.75) is 26.7 Å². The van der Waals surface area contributed by atoms with Gasteiger partial charge in [-0.05, 0) is 32.6 Å². The topological polar surface area (TPSA) is 55.6 Å². The van der Waals surface area contributed by atoms with Crippen molar-refractivity contribution in [3.05, 3.63) is 0 Å². The summed E-state index contributed by atoms with van der Waals surface area (Å²) in [5, 5.41) is 0. The molecule has 1 rings (SSSR count). The molecule has 0 saturated carbocycles. The van der Waals surface area contributed by atoms with E-state index in [1.807, 2.05) is 18.7 Å². The Balaban J connectivity index is 0.00000256. The molecule has 0 bridgehead atoms. The van der Waals surface area contributed by atoms with Gasteiger partial charge in [0, 0.05) is 26.7 Å². The van der Waals surface area contributed by atoms with E-state index in [0.717, 1.165) is 32.5 Å². The Morgan fingerprint density at radius 2 is 2.18 bits per heavy atom. The summed E-state index contributed by atoms with van der Waals surface area (Å²) in [4.78, 5) is 14.2. The number of rotatable bonds is 4. The first kappa shape index (κ1) is 16.7. The Hall–Kier alpha value is -0.320. The maximum absolute atomic E-state index is 12.2. The van der Waals surface area contributed by atoms with Crippen LogP contribution >= 0.6 is 12.4 Å². The van der Waals surface area contributed by atoms with Crippen LogP contribution in [0, 0.1) is 11.3 Å². The summed E-state index contributed by atoms with van der Waals surface area (Å²) >= 11 is 0. The molecule has 1 fully saturated rings. The Morgan fingerprint density at radius 1 is 1.53 bits per heavy atom. The van der Waals surface area contributed by atoms with Gasteiger partial charge in [0.15, 0.2) is 0 Å². The predicted octanol–water partition coefficient (Wildman–Crippen LogP) is 1.28. The van der Waals surface area contributed by atoms with Crippen molar-refractivity contribution in [1.82, 2.24) is 4.90 Å². The molecular weight excluding hydrogens is 240 g/mol. The fraction of sp³-hybridized carbons (Fsp3) is 0.917. The number of hydrogen-bond donors (Lipinski definition) is 1. The highest BCUT2D eigenvalue weighted by atomic mass is 35.5. The number of ether oxygens (including phenoxy) is 1. The Morgan fingerprint density at radius 3 is 2.71 bits per heavy atom. The van der Waals surface area contributed by atoms with Crippen LogP contribution in [0.1, 0.15) is 26.7 Å². The summed E-state index contributed by atoms with van der Waals surface area (Å²) in [7, 11) is 1.71. The quantitative estimate of drug-likeness (QED) is 0.832. The van der Waals surface area contributed by atoms with Crippen LogP contribution in [0.25, 0.3) is 0 Å². The van der Waals surface area contributed by atoms with Crippen LogP contribution in [0.15, 0.2) is 0 Å². The molecule has 1 aliphatic rings. The van der Waals surface area contributed by atoms with E-state index in [4.69, 9.17) is 10.5 Å². The highest BCUT2D eigenvalue weighted by molar-refractivity contribution is 5.85. The van der Waals surface area contributed by atoms with Crippen molar-refractivity contribution >= 4 is 18.3 Å². The zero-order chi connectivity index (χ0) is 12.2. The molecule has 0 spiro atoms. The second-order valence-corrected chi connectivity index (χ2v) is 5.30. The normalized spacial score (nSPS) is 20.9. The molecular formula is C12H25ClN2O2. The van der Waals surface area contributed by atoms with Crippen LogP contribution in [-0.4, -0.2) is 44.2 Å². The Labute approximate surface area is 110 Å². The van der Waals surface area contributed by atoms with Crippen LogP contribution in [0.2, 0.25) is 0 Å². The van der Waals surface area contributed by atoms with E-state index >= 15 is 0 Å². The SMILES string of the molecule is COCC1CCCN(C(=O)C(C)(C)CN)C1.Cl. The molecule has 2 N–H and O–H groups in total. The molecule has 102 valence electrons. The molecule has 5 heteroatoms. The van der Waals surface area contributed by atoms with E-state index < -0.39 is 5.41 Å². The van der Waals surface area contributed by atoms with Gasteiger partial charge in [-0.15, -0.1) is 12.4 Å². The van der Waals surface area contributed by atoms with Crippen LogP contribution < -0.4 is 5.73 Å². The van der Waals surface area contributed by atoms with Gasteiger partial charge in [0.2, 0.25) is 5.91 Å². The van der Waals surface area contributed by atoms with Crippen molar-refractivity contribution in [3.8, 4) is 0 Å². The monoisotopic (exact) mass is 264 g/mol. The third kappa shape index (κ3) is 4.45. The largest absolute Gasteiger partial charge is 0.384 e. The standard InChI is InChI=1S/C12H24N2O2.ClH/c1-12(2,9-13)11(15)14-6-4-5-10(7-14)8-16-3;/h10H,4-9,13H2,1-3H3;1H. The molecule has 1 saturated heterocycles. The maximum Gasteiger partial charge on any atom is 0.229 e. The van der Waals surface area contributed by atoms with E-state index in [1.54, 1.807) is 7.11 Å². The van der Waals surface area contributed by atoms with E-state index in [-0.39, 0.29) is 18.3 Å². The van der Waals surface area contributed by atoms with Crippen LogP contribution in [0.3, 0.4) is 0 Å². The number of methoxy groups -OCH3 is 1. The van der Waals surface area contributed by atoms with E-state index in [9.17, 15) is 4.79 Å². The third-order valence-electron chi connectivity index (χ3n) is 3.30. The predicted molar refractivity (Wildman–Crippen MR) is 71.3 cm³/mol. The van der Waals surface area contributed by atoms with Gasteiger partial charge in [-0.3, -0.25) is 4.79 Å². The van der Waals surface area contributed by atoms with Crippen molar-refractivity contribution in [3.63, 3.8) is 0 Å². The summed E-state index contributed by atoms with van der Waals surface area (Å²) in [6.07, 6.45) is 2.22. The first-order chi connectivity index (χ1) is 7.51. The number of carbonyl (C=O) groups excluding carboxylic acids is 1. The molecule has 0 aromatic carbocycles. The van der Waals surface area contributed by atoms with Crippen LogP contribution in [-0.2, 0) is 9.53 Å². The number of halogens is 1. The molecule has 1 heterocycles. The first-order valence-corrected chi connectivity index (χ1v) is 5.99. The van der Waals surface area contributed by atoms with Gasteiger partial charge in [-0.25, -0.2) is 0 Å². The van der Waals surface area contributed by atoms with E-state index in [2.05, 4.69) is 0 Å². The minimum atomic E-state index is -0.436. The van der Waals surface area contributed by atoms with Gasteiger partial charge in [0.05, 0.1) is 12.0 Å². The molecule has 1 amide bonds. The third-order valence-corrected chi connectivity index (χ3v) is 3.30. The second kappa shape index (κ2) is 7.19. The smallest absolute Gasteiger partial charge is 0.229 e. The number of amides is 1. The molecule has 0 aromatic heterocycles. The summed E-state index contributed by atoms with van der Waals surface area (Å²) < 4.78 is 5.16. The molecule has 1 aliphatic heterocycles. The average molecular weight is 265 g/mol. The molecule has 1 unspecified atom stereocenters. The van der Waals surface area contributed by atoms with E-state index in [1.165, 1.54) is 0 Å². The zero-order valence-corrected chi connectivity index (χ0v) is 11.9. The number of carbonyl (C=O) groups is 1. The molecule has 0 aliphatic carbocycles. The number of likely N-dealkylation sites (tertiary alicyclic amines) is 1. The van der Waals surface area contributed by atoms with Gasteiger partial charge in [-0.2, -0.15) is 0 Å². The molecule has 0 aromatic rings. The van der Waals surface area contributed by atoms with Crippen molar-refractivity contribution in [1.29, 1.82) is 0 Å². The maximum atomic E-state index is 12.2. The fourth-order valence-electron chi connectivity index (χ4n) is 2.14. The lowest BCUT2D eigenvalue weighted by molar-refractivity contribution is -0.142. The lowest BCUT2D eigenvalue weighted by Crippen LogP contribution is -2.49. The van der Waals surface area contributed by atoms with Gasteiger partial charge >= 0.3 is 0 Å².